The Morgan fingerprint density at radius 1 is 0.400 bits per heavy atom. The zero-order valence-electron chi connectivity index (χ0n) is 24.0. The van der Waals surface area contributed by atoms with Gasteiger partial charge in [0.1, 0.15) is 0 Å². The van der Waals surface area contributed by atoms with Crippen LogP contribution in [0.3, 0.4) is 0 Å². The average Bonchev–Trinajstić information content (AvgIpc) is 2.51. The molecule has 0 atom stereocenters. The minimum Gasteiger partial charge on any atom is -0.0685 e. The maximum Gasteiger partial charge on any atom is -0.0126 e. The largest absolute Gasteiger partial charge is 0.0685 e. The molecule has 0 nitrogen and oxygen atoms in total. The fraction of sp³-hybridized carbons (Fsp3) is 0.733. The molecule has 0 N–H and O–H groups in total. The second kappa shape index (κ2) is 9.22. The van der Waals surface area contributed by atoms with Crippen molar-refractivity contribution in [3.63, 3.8) is 0 Å². The van der Waals surface area contributed by atoms with E-state index < -0.39 is 0 Å². The molecule has 1 rings (SSSR count). The molecule has 0 bridgehead atoms. The zero-order valence-corrected chi connectivity index (χ0v) is 24.0. The molecular weight excluding hydrogens is 360 g/mol. The van der Waals surface area contributed by atoms with Crippen LogP contribution in [0.25, 0.3) is 0 Å². The first kappa shape index (κ1) is 29.0. The first-order valence-electron chi connectivity index (χ1n) is 11.8. The Bertz CT molecular complexity index is 703. The Kier molecular flexibility index (Phi) is 8.90. The Balaban J connectivity index is 0.000000612. The van der Waals surface area contributed by atoms with Gasteiger partial charge in [-0.3, -0.25) is 0 Å². The molecule has 0 heteroatoms. The molecule has 0 spiro atoms. The van der Waals surface area contributed by atoms with E-state index in [1.54, 1.807) is 11.1 Å². The van der Waals surface area contributed by atoms with Gasteiger partial charge in [0, 0.05) is 0 Å². The lowest BCUT2D eigenvalue weighted by molar-refractivity contribution is 0.445. The zero-order chi connectivity index (χ0) is 24.6. The van der Waals surface area contributed by atoms with Crippen molar-refractivity contribution in [2.45, 2.75) is 135 Å². The summed E-state index contributed by atoms with van der Waals surface area (Å²) in [6.45, 7) is 41.3. The van der Waals surface area contributed by atoms with Crippen LogP contribution < -0.4 is 0 Å². The van der Waals surface area contributed by atoms with Crippen molar-refractivity contribution >= 4 is 0 Å². The summed E-state index contributed by atoms with van der Waals surface area (Å²) in [5, 5.41) is 0. The van der Waals surface area contributed by atoms with E-state index in [-0.39, 0.29) is 10.8 Å². The van der Waals surface area contributed by atoms with Crippen LogP contribution in [0.4, 0.5) is 0 Å². The summed E-state index contributed by atoms with van der Waals surface area (Å²) >= 11 is 0. The molecule has 1 aromatic rings. The molecule has 174 valence electrons. The molecule has 0 aliphatic carbocycles. The number of hydrogen-bond acceptors (Lipinski definition) is 0. The predicted molar refractivity (Wildman–Crippen MR) is 140 cm³/mol. The molecule has 0 unspecified atom stereocenters. The lowest BCUT2D eigenvalue weighted by Crippen LogP contribution is -2.26. The summed E-state index contributed by atoms with van der Waals surface area (Å²) in [4.78, 5) is 0. The fourth-order valence-corrected chi connectivity index (χ4v) is 4.31. The topological polar surface area (TPSA) is 0 Å². The van der Waals surface area contributed by atoms with Gasteiger partial charge in [0.05, 0.1) is 0 Å². The molecule has 0 saturated heterocycles. The van der Waals surface area contributed by atoms with E-state index in [4.69, 9.17) is 0 Å². The Morgan fingerprint density at radius 3 is 0.733 bits per heavy atom. The second-order valence-electron chi connectivity index (χ2n) is 13.5. The van der Waals surface area contributed by atoms with Crippen molar-refractivity contribution < 1.29 is 0 Å². The molecule has 0 amide bonds. The molecule has 0 radical (unpaired) electrons. The van der Waals surface area contributed by atoms with Gasteiger partial charge in [-0.25, -0.2) is 0 Å². The smallest absolute Gasteiger partial charge is 0.0126 e. The van der Waals surface area contributed by atoms with Crippen LogP contribution in [0, 0.1) is 38.5 Å². The molecule has 0 saturated carbocycles. The van der Waals surface area contributed by atoms with Crippen molar-refractivity contribution in [2.75, 3.05) is 0 Å². The Labute approximate surface area is 191 Å². The fourth-order valence-electron chi connectivity index (χ4n) is 4.31. The van der Waals surface area contributed by atoms with Crippen LogP contribution in [0.15, 0.2) is 11.1 Å². The molecular formula is C30H54. The van der Waals surface area contributed by atoms with Crippen LogP contribution in [0.1, 0.15) is 130 Å². The van der Waals surface area contributed by atoms with E-state index in [1.165, 1.54) is 33.4 Å². The third kappa shape index (κ3) is 7.00. The third-order valence-electron chi connectivity index (χ3n) is 7.00. The highest BCUT2D eigenvalue weighted by molar-refractivity contribution is 5.55. The van der Waals surface area contributed by atoms with Crippen LogP contribution in [0.2, 0.25) is 0 Å². The molecule has 1 aromatic carbocycles. The number of rotatable bonds is 0. The van der Waals surface area contributed by atoms with E-state index in [0.717, 1.165) is 0 Å². The van der Waals surface area contributed by atoms with Gasteiger partial charge in [-0.2, -0.15) is 0 Å². The molecule has 0 aliphatic rings. The summed E-state index contributed by atoms with van der Waals surface area (Å²) in [6.07, 6.45) is 0. The standard InChI is InChI=1S/C18H30.C12H24/c1-11-12(2)14(4)16(18(8,9)10)15(13(11)3)17(5,6)7;1-9(11(3,4)5)10(2)12(6,7)8/h1-10H3;1-8H3/b;10-9-. The first-order valence-corrected chi connectivity index (χ1v) is 11.8. The Morgan fingerprint density at radius 2 is 0.600 bits per heavy atom. The van der Waals surface area contributed by atoms with Crippen molar-refractivity contribution in [2.24, 2.45) is 10.8 Å². The minimum absolute atomic E-state index is 0.204. The molecule has 0 heterocycles. The van der Waals surface area contributed by atoms with Gasteiger partial charge in [0.15, 0.2) is 0 Å². The number of hydrogen-bond donors (Lipinski definition) is 0. The summed E-state index contributed by atoms with van der Waals surface area (Å²) in [5.74, 6) is 0. The number of allylic oxidation sites excluding steroid dienone is 2. The molecule has 0 aromatic heterocycles. The predicted octanol–water partition coefficient (Wildman–Crippen LogP) is 9.93. The summed E-state index contributed by atoms with van der Waals surface area (Å²) < 4.78 is 0. The Hall–Kier alpha value is -1.04. The van der Waals surface area contributed by atoms with Gasteiger partial charge in [0.25, 0.3) is 0 Å². The van der Waals surface area contributed by atoms with Gasteiger partial charge < -0.3 is 0 Å². The third-order valence-corrected chi connectivity index (χ3v) is 7.00. The van der Waals surface area contributed by atoms with E-state index in [1.807, 2.05) is 0 Å². The van der Waals surface area contributed by atoms with Gasteiger partial charge >= 0.3 is 0 Å². The summed E-state index contributed by atoms with van der Waals surface area (Å²) in [5.41, 5.74) is 13.1. The van der Waals surface area contributed by atoms with Crippen LogP contribution in [-0.4, -0.2) is 0 Å². The highest BCUT2D eigenvalue weighted by Crippen LogP contribution is 2.41. The minimum atomic E-state index is 0.204. The van der Waals surface area contributed by atoms with Gasteiger partial charge in [-0.1, -0.05) is 94.2 Å². The van der Waals surface area contributed by atoms with E-state index in [0.29, 0.717) is 10.8 Å². The van der Waals surface area contributed by atoms with Crippen molar-refractivity contribution in [1.29, 1.82) is 0 Å². The van der Waals surface area contributed by atoms with Gasteiger partial charge in [0.2, 0.25) is 0 Å². The molecule has 0 aliphatic heterocycles. The number of benzene rings is 1. The van der Waals surface area contributed by atoms with E-state index in [9.17, 15) is 0 Å². The highest BCUT2D eigenvalue weighted by atomic mass is 14.3. The lowest BCUT2D eigenvalue weighted by atomic mass is 9.69. The normalized spacial score (nSPS) is 14.2. The molecule has 30 heavy (non-hydrogen) atoms. The highest BCUT2D eigenvalue weighted by Gasteiger charge is 2.30. The van der Waals surface area contributed by atoms with Crippen LogP contribution >= 0.6 is 0 Å². The van der Waals surface area contributed by atoms with Crippen molar-refractivity contribution in [3.05, 3.63) is 44.5 Å². The second-order valence-corrected chi connectivity index (χ2v) is 13.5. The van der Waals surface area contributed by atoms with Gasteiger partial charge in [-0.05, 0) is 96.6 Å². The van der Waals surface area contributed by atoms with Crippen LogP contribution in [-0.2, 0) is 10.8 Å². The van der Waals surface area contributed by atoms with Crippen molar-refractivity contribution in [3.8, 4) is 0 Å². The van der Waals surface area contributed by atoms with Crippen LogP contribution in [0.5, 0.6) is 0 Å². The van der Waals surface area contributed by atoms with E-state index >= 15 is 0 Å². The first-order chi connectivity index (χ1) is 13.0. The molecule has 0 fully saturated rings. The SMILES string of the molecule is C/C(=C(\C)C(C)(C)C)C(C)(C)C.Cc1c(C)c(C)c(C(C)(C)C)c(C(C)(C)C)c1C. The maximum atomic E-state index is 2.33. The van der Waals surface area contributed by atoms with Crippen molar-refractivity contribution in [1.82, 2.24) is 0 Å². The maximum absolute atomic E-state index is 2.33. The average molecular weight is 415 g/mol. The summed E-state index contributed by atoms with van der Waals surface area (Å²) in [7, 11) is 0. The summed E-state index contributed by atoms with van der Waals surface area (Å²) in [6, 6.07) is 0. The lowest BCUT2D eigenvalue weighted by Gasteiger charge is -2.35. The van der Waals surface area contributed by atoms with E-state index in [2.05, 4.69) is 125 Å². The van der Waals surface area contributed by atoms with Gasteiger partial charge in [-0.15, -0.1) is 0 Å². The quantitative estimate of drug-likeness (QED) is 0.370. The monoisotopic (exact) mass is 414 g/mol.